The van der Waals surface area contributed by atoms with Crippen LogP contribution < -0.4 is 5.32 Å². The monoisotopic (exact) mass is 294 g/mol. The van der Waals surface area contributed by atoms with Crippen LogP contribution in [0, 0.1) is 0 Å². The van der Waals surface area contributed by atoms with E-state index < -0.39 is 5.97 Å². The van der Waals surface area contributed by atoms with Crippen LogP contribution in [0.1, 0.15) is 10.4 Å². The Kier molecular flexibility index (Phi) is 4.62. The molecule has 1 heterocycles. The van der Waals surface area contributed by atoms with E-state index in [1.165, 1.54) is 29.8 Å². The molecule has 1 aromatic rings. The Bertz CT molecular complexity index is 547. The number of hydrogen-bond acceptors (Lipinski definition) is 5. The summed E-state index contributed by atoms with van der Waals surface area (Å²) >= 11 is 1.48. The highest BCUT2D eigenvalue weighted by Crippen LogP contribution is 2.15. The van der Waals surface area contributed by atoms with Crippen LogP contribution in [0.4, 0.5) is 5.69 Å². The van der Waals surface area contributed by atoms with E-state index in [2.05, 4.69) is 10.1 Å². The maximum absolute atomic E-state index is 11.8. The van der Waals surface area contributed by atoms with E-state index in [0.717, 1.165) is 0 Å². The van der Waals surface area contributed by atoms with Gasteiger partial charge in [0.05, 0.1) is 24.3 Å². The van der Waals surface area contributed by atoms with Crippen molar-refractivity contribution in [2.24, 2.45) is 0 Å². The number of methoxy groups -OCH3 is 1. The van der Waals surface area contributed by atoms with Crippen LogP contribution in [-0.2, 0) is 14.3 Å². The first-order chi connectivity index (χ1) is 9.60. The summed E-state index contributed by atoms with van der Waals surface area (Å²) in [5, 5.41) is 2.66. The van der Waals surface area contributed by atoms with Crippen molar-refractivity contribution < 1.29 is 19.1 Å². The minimum atomic E-state index is -0.466. The third-order valence-electron chi connectivity index (χ3n) is 2.73. The van der Waals surface area contributed by atoms with Crippen molar-refractivity contribution in [3.63, 3.8) is 0 Å². The predicted octanol–water partition coefficient (Wildman–Crippen LogP) is 0.945. The number of rotatable bonds is 4. The number of nitrogens with one attached hydrogen (secondary N) is 1. The van der Waals surface area contributed by atoms with Gasteiger partial charge in [0, 0.05) is 5.69 Å². The number of benzene rings is 1. The van der Waals surface area contributed by atoms with Crippen molar-refractivity contribution >= 4 is 35.2 Å². The highest BCUT2D eigenvalue weighted by Gasteiger charge is 2.22. The average molecular weight is 294 g/mol. The highest BCUT2D eigenvalue weighted by molar-refractivity contribution is 8.00. The summed E-state index contributed by atoms with van der Waals surface area (Å²) in [5.74, 6) is 0.170. The standard InChI is InChI=1S/C13H14N2O4S/c1-19-13(18)9-3-2-4-10(5-9)14-11(16)6-15-8-20-7-12(15)17/h2-5H,6-8H2,1H3,(H,14,16). The lowest BCUT2D eigenvalue weighted by Gasteiger charge is -2.14. The van der Waals surface area contributed by atoms with E-state index in [9.17, 15) is 14.4 Å². The Balaban J connectivity index is 1.97. The fraction of sp³-hybridized carbons (Fsp3) is 0.308. The predicted molar refractivity (Wildman–Crippen MR) is 75.4 cm³/mol. The molecule has 2 rings (SSSR count). The molecular weight excluding hydrogens is 280 g/mol. The van der Waals surface area contributed by atoms with Crippen molar-refractivity contribution in [1.29, 1.82) is 0 Å². The molecule has 2 amide bonds. The maximum Gasteiger partial charge on any atom is 0.337 e. The normalized spacial score (nSPS) is 14.2. The summed E-state index contributed by atoms with van der Waals surface area (Å²) in [6.45, 7) is 0.0221. The molecule has 1 saturated heterocycles. The van der Waals surface area contributed by atoms with E-state index >= 15 is 0 Å². The quantitative estimate of drug-likeness (QED) is 0.837. The zero-order chi connectivity index (χ0) is 14.5. The molecule has 0 radical (unpaired) electrons. The fourth-order valence-corrected chi connectivity index (χ4v) is 2.66. The first-order valence-electron chi connectivity index (χ1n) is 5.94. The lowest BCUT2D eigenvalue weighted by Crippen LogP contribution is -2.34. The largest absolute Gasteiger partial charge is 0.465 e. The minimum Gasteiger partial charge on any atom is -0.465 e. The van der Waals surface area contributed by atoms with Crippen molar-refractivity contribution in [2.75, 3.05) is 30.6 Å². The van der Waals surface area contributed by atoms with Gasteiger partial charge in [0.25, 0.3) is 0 Å². The van der Waals surface area contributed by atoms with Gasteiger partial charge in [-0.1, -0.05) is 6.07 Å². The van der Waals surface area contributed by atoms with Gasteiger partial charge in [-0.15, -0.1) is 11.8 Å². The van der Waals surface area contributed by atoms with Gasteiger partial charge in [0.1, 0.15) is 6.54 Å². The number of hydrogen-bond donors (Lipinski definition) is 1. The van der Waals surface area contributed by atoms with Crippen molar-refractivity contribution in [3.05, 3.63) is 29.8 Å². The highest BCUT2D eigenvalue weighted by atomic mass is 32.2. The van der Waals surface area contributed by atoms with Gasteiger partial charge in [-0.25, -0.2) is 4.79 Å². The molecule has 1 aliphatic heterocycles. The molecule has 6 nitrogen and oxygen atoms in total. The number of anilines is 1. The second-order valence-electron chi connectivity index (χ2n) is 4.19. The molecule has 20 heavy (non-hydrogen) atoms. The van der Waals surface area contributed by atoms with E-state index in [1.807, 2.05) is 0 Å². The van der Waals surface area contributed by atoms with Crippen molar-refractivity contribution in [1.82, 2.24) is 4.90 Å². The van der Waals surface area contributed by atoms with Gasteiger partial charge in [-0.05, 0) is 18.2 Å². The van der Waals surface area contributed by atoms with Gasteiger partial charge < -0.3 is 15.0 Å². The second-order valence-corrected chi connectivity index (χ2v) is 5.14. The van der Waals surface area contributed by atoms with Gasteiger partial charge in [-0.2, -0.15) is 0 Å². The number of thioether (sulfide) groups is 1. The van der Waals surface area contributed by atoms with Crippen LogP contribution >= 0.6 is 11.8 Å². The third kappa shape index (κ3) is 3.51. The molecule has 0 aromatic heterocycles. The van der Waals surface area contributed by atoms with Crippen LogP contribution in [0.2, 0.25) is 0 Å². The number of carbonyl (C=O) groups is 3. The SMILES string of the molecule is COC(=O)c1cccc(NC(=O)CN2CSCC2=O)c1. The van der Waals surface area contributed by atoms with Crippen LogP contribution in [0.3, 0.4) is 0 Å². The second kappa shape index (κ2) is 6.42. The van der Waals surface area contributed by atoms with Gasteiger partial charge in [0.15, 0.2) is 0 Å². The first kappa shape index (κ1) is 14.4. The third-order valence-corrected chi connectivity index (χ3v) is 3.67. The maximum atomic E-state index is 11.8. The summed E-state index contributed by atoms with van der Waals surface area (Å²) in [6, 6.07) is 6.45. The Hall–Kier alpha value is -2.02. The average Bonchev–Trinajstić information content (AvgIpc) is 2.83. The van der Waals surface area contributed by atoms with E-state index in [4.69, 9.17) is 0 Å². The van der Waals surface area contributed by atoms with Gasteiger partial charge >= 0.3 is 5.97 Å². The summed E-state index contributed by atoms with van der Waals surface area (Å²) in [5.41, 5.74) is 0.857. The first-order valence-corrected chi connectivity index (χ1v) is 7.09. The number of esters is 1. The Morgan fingerprint density at radius 2 is 2.25 bits per heavy atom. The number of carbonyl (C=O) groups excluding carboxylic acids is 3. The van der Waals surface area contributed by atoms with Crippen LogP contribution in [0.5, 0.6) is 0 Å². The Morgan fingerprint density at radius 3 is 2.90 bits per heavy atom. The number of nitrogens with zero attached hydrogens (tertiary/aromatic N) is 1. The molecule has 0 saturated carbocycles. The molecule has 1 fully saturated rings. The zero-order valence-electron chi connectivity index (χ0n) is 10.9. The summed E-state index contributed by atoms with van der Waals surface area (Å²) in [4.78, 5) is 36.1. The van der Waals surface area contributed by atoms with E-state index in [0.29, 0.717) is 22.9 Å². The van der Waals surface area contributed by atoms with Crippen LogP contribution in [-0.4, -0.2) is 48.0 Å². The molecule has 1 aromatic carbocycles. The smallest absolute Gasteiger partial charge is 0.337 e. The molecule has 106 valence electrons. The lowest BCUT2D eigenvalue weighted by molar-refractivity contribution is -0.130. The molecule has 0 atom stereocenters. The summed E-state index contributed by atoms with van der Waals surface area (Å²) < 4.78 is 4.61. The van der Waals surface area contributed by atoms with Gasteiger partial charge in [0.2, 0.25) is 11.8 Å². The van der Waals surface area contributed by atoms with E-state index in [-0.39, 0.29) is 18.4 Å². The Labute approximate surface area is 120 Å². The number of amides is 2. The lowest BCUT2D eigenvalue weighted by atomic mass is 10.2. The Morgan fingerprint density at radius 1 is 1.45 bits per heavy atom. The fourth-order valence-electron chi connectivity index (χ4n) is 1.76. The molecule has 0 aliphatic carbocycles. The molecule has 1 N–H and O–H groups in total. The minimum absolute atomic E-state index is 0.0221. The van der Waals surface area contributed by atoms with Crippen molar-refractivity contribution in [2.45, 2.75) is 0 Å². The van der Waals surface area contributed by atoms with Gasteiger partial charge in [-0.3, -0.25) is 9.59 Å². The molecule has 0 bridgehead atoms. The topological polar surface area (TPSA) is 75.7 Å². The molecular formula is C13H14N2O4S. The number of ether oxygens (including phenoxy) is 1. The molecule has 1 aliphatic rings. The van der Waals surface area contributed by atoms with Crippen molar-refractivity contribution in [3.8, 4) is 0 Å². The van der Waals surface area contributed by atoms with E-state index in [1.54, 1.807) is 18.2 Å². The zero-order valence-corrected chi connectivity index (χ0v) is 11.7. The summed E-state index contributed by atoms with van der Waals surface area (Å²) in [7, 11) is 1.30. The molecule has 0 spiro atoms. The van der Waals surface area contributed by atoms with Crippen LogP contribution in [0.15, 0.2) is 24.3 Å². The summed E-state index contributed by atoms with van der Waals surface area (Å²) in [6.07, 6.45) is 0. The molecule has 0 unspecified atom stereocenters. The molecule has 7 heteroatoms. The van der Waals surface area contributed by atoms with Crippen LogP contribution in [0.25, 0.3) is 0 Å².